The van der Waals surface area contributed by atoms with E-state index in [9.17, 15) is 9.90 Å². The number of imidazole rings is 1. The topological polar surface area (TPSA) is 47.2 Å². The fourth-order valence-corrected chi connectivity index (χ4v) is 4.49. The molecule has 140 valence electrons. The second kappa shape index (κ2) is 6.71. The van der Waals surface area contributed by atoms with Crippen LogP contribution in [0.2, 0.25) is 0 Å². The standard InChI is InChI=1S/C24H22N2O2/c27-23-12-6-7-18-15-17(13-14-20(18)23)16-25-21-10-4-5-11-22(21)26(24(25)28)19-8-2-1-3-9-19/h1-12,17,27H,13-16H2. The van der Waals surface area contributed by atoms with Crippen LogP contribution in [0.3, 0.4) is 0 Å². The third-order valence-corrected chi connectivity index (χ3v) is 5.85. The maximum absolute atomic E-state index is 13.3. The van der Waals surface area contributed by atoms with Gasteiger partial charge >= 0.3 is 5.69 Å². The number of hydrogen-bond donors (Lipinski definition) is 1. The van der Waals surface area contributed by atoms with Gasteiger partial charge in [0.2, 0.25) is 0 Å². The molecule has 28 heavy (non-hydrogen) atoms. The maximum Gasteiger partial charge on any atom is 0.333 e. The van der Waals surface area contributed by atoms with E-state index in [1.54, 1.807) is 10.6 Å². The molecule has 0 amide bonds. The third kappa shape index (κ3) is 2.73. The van der Waals surface area contributed by atoms with Crippen LogP contribution >= 0.6 is 0 Å². The van der Waals surface area contributed by atoms with Gasteiger partial charge in [-0.25, -0.2) is 4.79 Å². The van der Waals surface area contributed by atoms with Gasteiger partial charge in [0.25, 0.3) is 0 Å². The van der Waals surface area contributed by atoms with E-state index in [1.165, 1.54) is 5.56 Å². The Morgan fingerprint density at radius 1 is 0.893 bits per heavy atom. The highest BCUT2D eigenvalue weighted by Gasteiger charge is 2.23. The van der Waals surface area contributed by atoms with Gasteiger partial charge in [-0.2, -0.15) is 0 Å². The largest absolute Gasteiger partial charge is 0.508 e. The number of phenols is 1. The minimum atomic E-state index is 0.00843. The molecule has 0 saturated heterocycles. The maximum atomic E-state index is 13.3. The van der Waals surface area contributed by atoms with Crippen LogP contribution in [0.25, 0.3) is 16.7 Å². The molecule has 0 bridgehead atoms. The molecule has 3 aromatic carbocycles. The van der Waals surface area contributed by atoms with Crippen LogP contribution in [0.4, 0.5) is 0 Å². The molecule has 1 heterocycles. The quantitative estimate of drug-likeness (QED) is 0.584. The number of para-hydroxylation sites is 3. The van der Waals surface area contributed by atoms with Crippen LogP contribution in [0.1, 0.15) is 17.5 Å². The van der Waals surface area contributed by atoms with Crippen molar-refractivity contribution in [2.24, 2.45) is 5.92 Å². The van der Waals surface area contributed by atoms with Gasteiger partial charge in [-0.1, -0.05) is 42.5 Å². The Labute approximate surface area is 163 Å². The van der Waals surface area contributed by atoms with Crippen LogP contribution in [-0.2, 0) is 19.4 Å². The van der Waals surface area contributed by atoms with Crippen LogP contribution in [0.15, 0.2) is 77.6 Å². The molecule has 1 aliphatic carbocycles. The van der Waals surface area contributed by atoms with Crippen molar-refractivity contribution in [2.75, 3.05) is 0 Å². The molecule has 1 N–H and O–H groups in total. The molecule has 4 aromatic rings. The SMILES string of the molecule is O=c1n(CC2CCc3c(O)cccc3C2)c2ccccc2n1-c1ccccc1. The van der Waals surface area contributed by atoms with Crippen molar-refractivity contribution in [3.63, 3.8) is 0 Å². The number of rotatable bonds is 3. The van der Waals surface area contributed by atoms with Gasteiger partial charge in [0, 0.05) is 6.54 Å². The molecule has 1 aliphatic rings. The van der Waals surface area contributed by atoms with E-state index < -0.39 is 0 Å². The van der Waals surface area contributed by atoms with Crippen molar-refractivity contribution in [1.82, 2.24) is 9.13 Å². The van der Waals surface area contributed by atoms with Crippen molar-refractivity contribution in [3.8, 4) is 11.4 Å². The van der Waals surface area contributed by atoms with E-state index in [-0.39, 0.29) is 5.69 Å². The Bertz CT molecular complexity index is 1200. The summed E-state index contributed by atoms with van der Waals surface area (Å²) >= 11 is 0. The fraction of sp³-hybridized carbons (Fsp3) is 0.208. The molecule has 0 fully saturated rings. The van der Waals surface area contributed by atoms with Crippen LogP contribution in [0.5, 0.6) is 5.75 Å². The Kier molecular flexibility index (Phi) is 4.05. The van der Waals surface area contributed by atoms with Gasteiger partial charge in [0.1, 0.15) is 5.75 Å². The zero-order chi connectivity index (χ0) is 19.1. The number of aromatic hydroxyl groups is 1. The zero-order valence-electron chi connectivity index (χ0n) is 15.6. The zero-order valence-corrected chi connectivity index (χ0v) is 15.6. The minimum Gasteiger partial charge on any atom is -0.508 e. The first-order valence-electron chi connectivity index (χ1n) is 9.78. The van der Waals surface area contributed by atoms with E-state index in [4.69, 9.17) is 0 Å². The molecule has 4 nitrogen and oxygen atoms in total. The van der Waals surface area contributed by atoms with Crippen molar-refractivity contribution < 1.29 is 5.11 Å². The summed E-state index contributed by atoms with van der Waals surface area (Å²) in [6.45, 7) is 0.689. The highest BCUT2D eigenvalue weighted by Crippen LogP contribution is 2.32. The summed E-state index contributed by atoms with van der Waals surface area (Å²) in [5, 5.41) is 10.1. The smallest absolute Gasteiger partial charge is 0.333 e. The fourth-order valence-electron chi connectivity index (χ4n) is 4.49. The second-order valence-electron chi connectivity index (χ2n) is 7.58. The number of phenolic OH excluding ortho intramolecular Hbond substituents is 1. The number of benzene rings is 3. The van der Waals surface area contributed by atoms with Gasteiger partial charge in [0.15, 0.2) is 0 Å². The Hall–Kier alpha value is -3.27. The molecule has 5 rings (SSSR count). The lowest BCUT2D eigenvalue weighted by Crippen LogP contribution is -2.28. The third-order valence-electron chi connectivity index (χ3n) is 5.85. The summed E-state index contributed by atoms with van der Waals surface area (Å²) in [5.41, 5.74) is 5.08. The summed E-state index contributed by atoms with van der Waals surface area (Å²) in [6.07, 6.45) is 2.72. The van der Waals surface area contributed by atoms with Gasteiger partial charge in [-0.05, 0) is 66.6 Å². The molecular formula is C24H22N2O2. The van der Waals surface area contributed by atoms with E-state index in [1.807, 2.05) is 65.2 Å². The lowest BCUT2D eigenvalue weighted by atomic mass is 9.83. The monoisotopic (exact) mass is 370 g/mol. The average molecular weight is 370 g/mol. The normalized spacial score (nSPS) is 16.2. The summed E-state index contributed by atoms with van der Waals surface area (Å²) < 4.78 is 3.72. The van der Waals surface area contributed by atoms with Crippen LogP contribution in [0, 0.1) is 5.92 Å². The molecule has 0 radical (unpaired) electrons. The van der Waals surface area contributed by atoms with E-state index in [0.29, 0.717) is 18.2 Å². The first-order chi connectivity index (χ1) is 13.7. The molecule has 0 aliphatic heterocycles. The van der Waals surface area contributed by atoms with Crippen molar-refractivity contribution in [1.29, 1.82) is 0 Å². The summed E-state index contributed by atoms with van der Waals surface area (Å²) in [4.78, 5) is 13.3. The number of hydrogen-bond acceptors (Lipinski definition) is 2. The predicted octanol–water partition coefficient (Wildman–Crippen LogP) is 4.30. The molecule has 1 atom stereocenters. The molecule has 0 spiro atoms. The van der Waals surface area contributed by atoms with Crippen molar-refractivity contribution >= 4 is 11.0 Å². The summed E-state index contributed by atoms with van der Waals surface area (Å²) in [5.74, 6) is 0.774. The number of nitrogens with zero attached hydrogens (tertiary/aromatic N) is 2. The van der Waals surface area contributed by atoms with Crippen molar-refractivity contribution in [2.45, 2.75) is 25.8 Å². The molecule has 4 heteroatoms. The Morgan fingerprint density at radius 3 is 2.46 bits per heavy atom. The summed E-state index contributed by atoms with van der Waals surface area (Å²) in [7, 11) is 0. The molecule has 1 aromatic heterocycles. The van der Waals surface area contributed by atoms with Gasteiger partial charge in [0.05, 0.1) is 16.7 Å². The lowest BCUT2D eigenvalue weighted by molar-refractivity contribution is 0.384. The van der Waals surface area contributed by atoms with E-state index in [2.05, 4.69) is 6.07 Å². The van der Waals surface area contributed by atoms with E-state index >= 15 is 0 Å². The summed E-state index contributed by atoms with van der Waals surface area (Å²) in [6, 6.07) is 23.6. The van der Waals surface area contributed by atoms with Crippen LogP contribution in [-0.4, -0.2) is 14.2 Å². The minimum absolute atomic E-state index is 0.00843. The first kappa shape index (κ1) is 16.9. The van der Waals surface area contributed by atoms with Gasteiger partial charge in [-0.15, -0.1) is 0 Å². The highest BCUT2D eigenvalue weighted by atomic mass is 16.3. The Morgan fingerprint density at radius 2 is 1.64 bits per heavy atom. The number of fused-ring (bicyclic) bond motifs is 2. The van der Waals surface area contributed by atoms with Gasteiger partial charge in [-0.3, -0.25) is 9.13 Å². The second-order valence-corrected chi connectivity index (χ2v) is 7.58. The van der Waals surface area contributed by atoms with Crippen molar-refractivity contribution in [3.05, 3.63) is 94.4 Å². The molecule has 1 unspecified atom stereocenters. The van der Waals surface area contributed by atoms with Crippen LogP contribution < -0.4 is 5.69 Å². The van der Waals surface area contributed by atoms with Gasteiger partial charge < -0.3 is 5.11 Å². The molecule has 0 saturated carbocycles. The average Bonchev–Trinajstić information content (AvgIpc) is 3.00. The first-order valence-corrected chi connectivity index (χ1v) is 9.78. The number of aromatic nitrogens is 2. The Balaban J connectivity index is 1.56. The predicted molar refractivity (Wildman–Crippen MR) is 111 cm³/mol. The molecular weight excluding hydrogens is 348 g/mol. The lowest BCUT2D eigenvalue weighted by Gasteiger charge is -2.25. The highest BCUT2D eigenvalue weighted by molar-refractivity contribution is 5.78. The van der Waals surface area contributed by atoms with E-state index in [0.717, 1.165) is 41.5 Å².